The van der Waals surface area contributed by atoms with Crippen LogP contribution in [0.1, 0.15) is 22.0 Å². The van der Waals surface area contributed by atoms with E-state index in [0.29, 0.717) is 11.3 Å². The molecule has 0 amide bonds. The number of carbonyl (C=O) groups is 2. The van der Waals surface area contributed by atoms with Gasteiger partial charge >= 0.3 is 5.97 Å². The summed E-state index contributed by atoms with van der Waals surface area (Å²) in [6.45, 7) is -0.0392. The van der Waals surface area contributed by atoms with Crippen LogP contribution in [0.2, 0.25) is 0 Å². The third-order valence-corrected chi connectivity index (χ3v) is 3.02. The summed E-state index contributed by atoms with van der Waals surface area (Å²) < 4.78 is 0. The topological polar surface area (TPSA) is 86.6 Å². The number of carboxylic acids is 1. The van der Waals surface area contributed by atoms with Crippen LogP contribution in [-0.2, 0) is 4.79 Å². The minimum Gasteiger partial charge on any atom is -0.478 e. The van der Waals surface area contributed by atoms with Crippen molar-refractivity contribution in [2.75, 3.05) is 11.9 Å². The zero-order chi connectivity index (χ0) is 15.2. The van der Waals surface area contributed by atoms with E-state index in [9.17, 15) is 14.7 Å². The van der Waals surface area contributed by atoms with Gasteiger partial charge in [0.05, 0.1) is 12.1 Å². The number of aliphatic hydroxyl groups excluding tert-OH is 1. The van der Waals surface area contributed by atoms with E-state index in [0.717, 1.165) is 0 Å². The van der Waals surface area contributed by atoms with Gasteiger partial charge in [0, 0.05) is 5.69 Å². The van der Waals surface area contributed by atoms with Crippen LogP contribution >= 0.6 is 0 Å². The maximum Gasteiger partial charge on any atom is 0.335 e. The van der Waals surface area contributed by atoms with Crippen molar-refractivity contribution < 1.29 is 19.8 Å². The first-order valence-corrected chi connectivity index (χ1v) is 6.41. The zero-order valence-corrected chi connectivity index (χ0v) is 11.2. The molecule has 5 nitrogen and oxygen atoms in total. The first-order valence-electron chi connectivity index (χ1n) is 6.41. The van der Waals surface area contributed by atoms with Crippen molar-refractivity contribution in [3.63, 3.8) is 0 Å². The molecule has 0 aromatic heterocycles. The fourth-order valence-corrected chi connectivity index (χ4v) is 1.84. The minimum atomic E-state index is -1.17. The van der Waals surface area contributed by atoms with Crippen molar-refractivity contribution in [2.45, 2.75) is 6.10 Å². The summed E-state index contributed by atoms with van der Waals surface area (Å²) in [6, 6.07) is 14.7. The van der Waals surface area contributed by atoms with E-state index in [1.54, 1.807) is 36.4 Å². The van der Waals surface area contributed by atoms with Crippen molar-refractivity contribution in [1.29, 1.82) is 0 Å². The number of anilines is 1. The molecule has 2 aromatic carbocycles. The summed E-state index contributed by atoms with van der Waals surface area (Å²) in [5.41, 5.74) is 1.34. The van der Waals surface area contributed by atoms with E-state index in [1.165, 1.54) is 12.1 Å². The quantitative estimate of drug-likeness (QED) is 0.756. The molecule has 0 radical (unpaired) electrons. The van der Waals surface area contributed by atoms with Crippen LogP contribution in [0.3, 0.4) is 0 Å². The highest BCUT2D eigenvalue weighted by atomic mass is 16.4. The summed E-state index contributed by atoms with van der Waals surface area (Å²) in [6.07, 6.45) is -1.17. The lowest BCUT2D eigenvalue weighted by Gasteiger charge is -2.11. The molecule has 0 spiro atoms. The van der Waals surface area contributed by atoms with Gasteiger partial charge in [0.25, 0.3) is 0 Å². The number of hydrogen-bond donors (Lipinski definition) is 3. The Balaban J connectivity index is 1.93. The Morgan fingerprint density at radius 3 is 2.19 bits per heavy atom. The second-order valence-electron chi connectivity index (χ2n) is 4.52. The maximum absolute atomic E-state index is 11.9. The predicted octanol–water partition coefficient (Wildman–Crippen LogP) is 2.10. The van der Waals surface area contributed by atoms with Crippen LogP contribution in [0.15, 0.2) is 54.6 Å². The molecule has 0 aliphatic carbocycles. The molecule has 1 atom stereocenters. The highest BCUT2D eigenvalue weighted by Crippen LogP contribution is 2.14. The second kappa shape index (κ2) is 6.67. The van der Waals surface area contributed by atoms with Crippen LogP contribution < -0.4 is 5.32 Å². The van der Waals surface area contributed by atoms with Gasteiger partial charge in [-0.15, -0.1) is 0 Å². The van der Waals surface area contributed by atoms with E-state index >= 15 is 0 Å². The lowest BCUT2D eigenvalue weighted by molar-refractivity contribution is -0.125. The average Bonchev–Trinajstić information content (AvgIpc) is 2.53. The van der Waals surface area contributed by atoms with E-state index in [1.807, 2.05) is 6.07 Å². The van der Waals surface area contributed by atoms with Gasteiger partial charge in [-0.05, 0) is 29.8 Å². The molecular weight excluding hydrogens is 270 g/mol. The van der Waals surface area contributed by atoms with Crippen molar-refractivity contribution >= 4 is 17.4 Å². The minimum absolute atomic E-state index is 0.0392. The summed E-state index contributed by atoms with van der Waals surface area (Å²) in [5.74, 6) is -1.36. The van der Waals surface area contributed by atoms with Gasteiger partial charge in [-0.2, -0.15) is 0 Å². The number of aromatic carboxylic acids is 1. The molecular formula is C16H15NO4. The molecule has 21 heavy (non-hydrogen) atoms. The van der Waals surface area contributed by atoms with Crippen LogP contribution in [0, 0.1) is 0 Å². The van der Waals surface area contributed by atoms with Crippen LogP contribution in [0.25, 0.3) is 0 Å². The van der Waals surface area contributed by atoms with E-state index < -0.39 is 12.1 Å². The first-order chi connectivity index (χ1) is 10.1. The number of benzene rings is 2. The standard InChI is InChI=1S/C16H15NO4/c18-14(15(19)11-4-2-1-3-5-11)10-17-13-8-6-12(7-9-13)16(20)21/h1-9,15,17,19H,10H2,(H,20,21). The Kier molecular flexibility index (Phi) is 4.68. The molecule has 1 unspecified atom stereocenters. The average molecular weight is 285 g/mol. The van der Waals surface area contributed by atoms with Crippen LogP contribution in [0.4, 0.5) is 5.69 Å². The predicted molar refractivity (Wildman–Crippen MR) is 78.3 cm³/mol. The number of ketones is 1. The largest absolute Gasteiger partial charge is 0.478 e. The zero-order valence-electron chi connectivity index (χ0n) is 11.2. The Bertz CT molecular complexity index is 622. The van der Waals surface area contributed by atoms with Crippen molar-refractivity contribution in [3.8, 4) is 0 Å². The highest BCUT2D eigenvalue weighted by molar-refractivity contribution is 5.89. The fraction of sp³-hybridized carbons (Fsp3) is 0.125. The Hall–Kier alpha value is -2.66. The van der Waals surface area contributed by atoms with E-state index in [-0.39, 0.29) is 17.9 Å². The normalized spacial score (nSPS) is 11.7. The first kappa shape index (κ1) is 14.7. The molecule has 0 saturated heterocycles. The van der Waals surface area contributed by atoms with Crippen molar-refractivity contribution in [1.82, 2.24) is 0 Å². The van der Waals surface area contributed by atoms with Crippen LogP contribution in [0.5, 0.6) is 0 Å². The summed E-state index contributed by atoms with van der Waals surface area (Å²) >= 11 is 0. The molecule has 2 aromatic rings. The molecule has 2 rings (SSSR count). The molecule has 0 heterocycles. The van der Waals surface area contributed by atoms with Gasteiger partial charge in [0.2, 0.25) is 0 Å². The van der Waals surface area contributed by atoms with Gasteiger partial charge in [-0.1, -0.05) is 30.3 Å². The Morgan fingerprint density at radius 2 is 1.62 bits per heavy atom. The van der Waals surface area contributed by atoms with Gasteiger partial charge in [0.1, 0.15) is 6.10 Å². The maximum atomic E-state index is 11.9. The third kappa shape index (κ3) is 3.90. The molecule has 0 fully saturated rings. The lowest BCUT2D eigenvalue weighted by Crippen LogP contribution is -2.21. The van der Waals surface area contributed by atoms with Crippen LogP contribution in [-0.4, -0.2) is 28.5 Å². The monoisotopic (exact) mass is 285 g/mol. The molecule has 0 saturated carbocycles. The summed E-state index contributed by atoms with van der Waals surface area (Å²) in [5, 5.41) is 21.6. The number of aliphatic hydroxyl groups is 1. The highest BCUT2D eigenvalue weighted by Gasteiger charge is 2.16. The van der Waals surface area contributed by atoms with Crippen molar-refractivity contribution in [2.24, 2.45) is 0 Å². The summed E-state index contributed by atoms with van der Waals surface area (Å²) in [4.78, 5) is 22.6. The SMILES string of the molecule is O=C(O)c1ccc(NCC(=O)C(O)c2ccccc2)cc1. The molecule has 0 aliphatic rings. The van der Waals surface area contributed by atoms with Crippen molar-refractivity contribution in [3.05, 3.63) is 65.7 Å². The molecule has 5 heteroatoms. The van der Waals surface area contributed by atoms with Gasteiger partial charge < -0.3 is 15.5 Å². The van der Waals surface area contributed by atoms with Gasteiger partial charge in [-0.25, -0.2) is 4.79 Å². The molecule has 0 bridgehead atoms. The number of carbonyl (C=O) groups excluding carboxylic acids is 1. The number of carboxylic acid groups (broad SMARTS) is 1. The van der Waals surface area contributed by atoms with Gasteiger partial charge in [-0.3, -0.25) is 4.79 Å². The lowest BCUT2D eigenvalue weighted by atomic mass is 10.1. The molecule has 3 N–H and O–H groups in total. The number of rotatable bonds is 6. The number of Topliss-reactive ketones (excluding diaryl/α,β-unsaturated/α-hetero) is 1. The Morgan fingerprint density at radius 1 is 1.00 bits per heavy atom. The van der Waals surface area contributed by atoms with E-state index in [4.69, 9.17) is 5.11 Å². The van der Waals surface area contributed by atoms with Gasteiger partial charge in [0.15, 0.2) is 5.78 Å². The fourth-order valence-electron chi connectivity index (χ4n) is 1.84. The summed E-state index contributed by atoms with van der Waals surface area (Å²) in [7, 11) is 0. The second-order valence-corrected chi connectivity index (χ2v) is 4.52. The molecule has 0 aliphatic heterocycles. The number of nitrogens with one attached hydrogen (secondary N) is 1. The smallest absolute Gasteiger partial charge is 0.335 e. The van der Waals surface area contributed by atoms with E-state index in [2.05, 4.69) is 5.32 Å². The molecule has 108 valence electrons. The third-order valence-electron chi connectivity index (χ3n) is 3.02. The Labute approximate surface area is 121 Å². The number of hydrogen-bond acceptors (Lipinski definition) is 4.